The molecule has 1 unspecified atom stereocenters. The molecule has 1 N–H and O–H groups in total. The first-order valence-electron chi connectivity index (χ1n) is 18.3. The minimum absolute atomic E-state index is 0.431. The molecule has 11 aromatic rings. The second-order valence-corrected chi connectivity index (χ2v) is 15.4. The summed E-state index contributed by atoms with van der Waals surface area (Å²) >= 11 is 1.81. The summed E-state index contributed by atoms with van der Waals surface area (Å²) in [5.74, 6) is 0. The Labute approximate surface area is 312 Å². The van der Waals surface area contributed by atoms with Gasteiger partial charge in [0.2, 0.25) is 6.29 Å². The second kappa shape index (κ2) is 10.4. The Bertz CT molecular complexity index is 3500. The fourth-order valence-electron chi connectivity index (χ4n) is 9.16. The summed E-state index contributed by atoms with van der Waals surface area (Å²) in [5.41, 5.74) is 11.5. The van der Waals surface area contributed by atoms with E-state index >= 15 is 0 Å². The van der Waals surface area contributed by atoms with Crippen LogP contribution in [0.2, 0.25) is 0 Å². The zero-order chi connectivity index (χ0) is 35.1. The van der Waals surface area contributed by atoms with E-state index in [0.29, 0.717) is 0 Å². The van der Waals surface area contributed by atoms with Gasteiger partial charge in [-0.25, -0.2) is 15.0 Å². The van der Waals surface area contributed by atoms with Crippen LogP contribution in [0.1, 0.15) is 16.7 Å². The summed E-state index contributed by atoms with van der Waals surface area (Å²) in [6, 6.07) is 54.5. The molecule has 8 aromatic carbocycles. The number of aromatic nitrogens is 3. The molecule has 6 heteroatoms. The van der Waals surface area contributed by atoms with Crippen LogP contribution in [0, 0.1) is 0 Å². The van der Waals surface area contributed by atoms with Gasteiger partial charge in [0.15, 0.2) is 0 Å². The fraction of sp³-hybridized carbons (Fsp3) is 0.0208. The van der Waals surface area contributed by atoms with Crippen molar-refractivity contribution >= 4 is 98.0 Å². The zero-order valence-electron chi connectivity index (χ0n) is 28.7. The molecule has 54 heavy (non-hydrogen) atoms. The molecule has 250 valence electrons. The monoisotopic (exact) mass is 705 g/mol. The molecule has 4 heterocycles. The van der Waals surface area contributed by atoms with E-state index in [9.17, 15) is 0 Å². The number of para-hydroxylation sites is 2. The van der Waals surface area contributed by atoms with E-state index in [1.165, 1.54) is 58.7 Å². The van der Waals surface area contributed by atoms with Crippen LogP contribution >= 0.6 is 11.3 Å². The molecule has 0 amide bonds. The molecule has 2 aliphatic rings. The number of rotatable bonds is 2. The summed E-state index contributed by atoms with van der Waals surface area (Å²) in [5, 5.41) is 14.9. The lowest BCUT2D eigenvalue weighted by atomic mass is 9.98. The molecule has 0 saturated heterocycles. The molecule has 0 saturated carbocycles. The summed E-state index contributed by atoms with van der Waals surface area (Å²) in [7, 11) is 0. The molecule has 1 atom stereocenters. The highest BCUT2D eigenvalue weighted by atomic mass is 32.1. The molecule has 0 fully saturated rings. The van der Waals surface area contributed by atoms with Gasteiger partial charge >= 0.3 is 0 Å². The van der Waals surface area contributed by atoms with E-state index < -0.39 is 6.29 Å². The molecule has 1 aliphatic carbocycles. The van der Waals surface area contributed by atoms with Crippen molar-refractivity contribution in [1.82, 2.24) is 14.5 Å². The number of hydrogen-bond donors (Lipinski definition) is 1. The lowest BCUT2D eigenvalue weighted by Crippen LogP contribution is -2.24. The van der Waals surface area contributed by atoms with Crippen molar-refractivity contribution < 1.29 is 0 Å². The quantitative estimate of drug-likeness (QED) is 0.195. The Kier molecular flexibility index (Phi) is 5.51. The van der Waals surface area contributed by atoms with Gasteiger partial charge in [0.1, 0.15) is 0 Å². The lowest BCUT2D eigenvalue weighted by molar-refractivity contribution is 0.628. The number of fused-ring (bicyclic) bond motifs is 14. The highest BCUT2D eigenvalue weighted by Gasteiger charge is 2.32. The predicted octanol–water partition coefficient (Wildman–Crippen LogP) is 12.5. The third kappa shape index (κ3) is 3.74. The highest BCUT2D eigenvalue weighted by Crippen LogP contribution is 2.52. The van der Waals surface area contributed by atoms with E-state index in [1.807, 2.05) is 23.5 Å². The lowest BCUT2D eigenvalue weighted by Gasteiger charge is -2.27. The van der Waals surface area contributed by atoms with E-state index in [4.69, 9.17) is 15.0 Å². The van der Waals surface area contributed by atoms with Gasteiger partial charge in [-0.3, -0.25) is 0 Å². The summed E-state index contributed by atoms with van der Waals surface area (Å²) < 4.78 is 3.70. The van der Waals surface area contributed by atoms with Gasteiger partial charge in [-0.15, -0.1) is 11.3 Å². The average Bonchev–Trinajstić information content (AvgIpc) is 3.88. The first-order chi connectivity index (χ1) is 26.8. The highest BCUT2D eigenvalue weighted by molar-refractivity contribution is 7.22. The maximum atomic E-state index is 5.73. The minimum atomic E-state index is -0.431. The van der Waals surface area contributed by atoms with Crippen molar-refractivity contribution in [3.05, 3.63) is 162 Å². The van der Waals surface area contributed by atoms with Crippen LogP contribution in [0.25, 0.3) is 97.8 Å². The normalized spacial score (nSPS) is 14.7. The SMILES string of the molecule is c1ccc2cc(C3=NC(n4c5cc6c7c(cccc7c5c5ccc7ccccc7c54)-c4nc5ccccc5nc4-6)Nc4c3sc3ccccc43)ccc2c1. The number of thiophene rings is 1. The fourth-order valence-corrected chi connectivity index (χ4v) is 10.3. The summed E-state index contributed by atoms with van der Waals surface area (Å²) in [6.07, 6.45) is -0.431. The number of nitrogens with zero attached hydrogens (tertiary/aromatic N) is 4. The molecule has 5 nitrogen and oxygen atoms in total. The van der Waals surface area contributed by atoms with Crippen LogP contribution in [0.15, 0.2) is 157 Å². The number of nitrogens with one attached hydrogen (secondary N) is 1. The maximum Gasteiger partial charge on any atom is 0.201 e. The first-order valence-corrected chi connectivity index (χ1v) is 19.1. The Morgan fingerprint density at radius 3 is 2.11 bits per heavy atom. The van der Waals surface area contributed by atoms with Crippen molar-refractivity contribution in [3.8, 4) is 22.5 Å². The third-order valence-electron chi connectivity index (χ3n) is 11.5. The molecule has 0 radical (unpaired) electrons. The van der Waals surface area contributed by atoms with Crippen molar-refractivity contribution in [2.24, 2.45) is 4.99 Å². The topological polar surface area (TPSA) is 55.1 Å². The minimum Gasteiger partial charge on any atom is -0.345 e. The summed E-state index contributed by atoms with van der Waals surface area (Å²) in [4.78, 5) is 17.4. The first kappa shape index (κ1) is 28.7. The second-order valence-electron chi connectivity index (χ2n) is 14.4. The van der Waals surface area contributed by atoms with Crippen molar-refractivity contribution in [3.63, 3.8) is 0 Å². The molecular weight excluding hydrogens is 679 g/mol. The van der Waals surface area contributed by atoms with Gasteiger partial charge in [-0.1, -0.05) is 121 Å². The number of hydrogen-bond acceptors (Lipinski definition) is 5. The molecule has 13 rings (SSSR count). The number of benzene rings is 8. The standard InChI is InChI=1S/C48H27N5S/c1-2-12-28-24-29(21-20-26(28)10-1)42-47-45(31-14-5-8-19-39(31)54-47)52-48(51-42)53-38-25-35-40-32(41(38)34-23-22-27-11-3-4-13-30(27)46(34)53)15-9-16-33(40)43-44(35)50-37-18-7-6-17-36(37)49-43/h1-25,48,52H. The number of aliphatic imine (C=N–C) groups is 1. The molecule has 0 bridgehead atoms. The molecule has 3 aromatic heterocycles. The van der Waals surface area contributed by atoms with Crippen molar-refractivity contribution in [2.45, 2.75) is 6.29 Å². The Morgan fingerprint density at radius 1 is 0.537 bits per heavy atom. The van der Waals surface area contributed by atoms with Crippen LogP contribution in [0.3, 0.4) is 0 Å². The van der Waals surface area contributed by atoms with E-state index in [-0.39, 0.29) is 0 Å². The van der Waals surface area contributed by atoms with E-state index in [0.717, 1.165) is 60.9 Å². The largest absolute Gasteiger partial charge is 0.345 e. The molecular formula is C48H27N5S. The van der Waals surface area contributed by atoms with Crippen molar-refractivity contribution in [2.75, 3.05) is 5.32 Å². The van der Waals surface area contributed by atoms with E-state index in [1.54, 1.807) is 0 Å². The summed E-state index contributed by atoms with van der Waals surface area (Å²) in [6.45, 7) is 0. The third-order valence-corrected chi connectivity index (χ3v) is 12.7. The van der Waals surface area contributed by atoms with Gasteiger partial charge in [0.05, 0.1) is 49.7 Å². The van der Waals surface area contributed by atoms with Crippen LogP contribution in [-0.4, -0.2) is 20.2 Å². The Morgan fingerprint density at radius 2 is 1.24 bits per heavy atom. The maximum absolute atomic E-state index is 5.73. The Balaban J connectivity index is 1.16. The van der Waals surface area contributed by atoms with Crippen LogP contribution in [0.5, 0.6) is 0 Å². The van der Waals surface area contributed by atoms with Crippen LogP contribution in [-0.2, 0) is 0 Å². The van der Waals surface area contributed by atoms with Crippen molar-refractivity contribution in [1.29, 1.82) is 0 Å². The number of anilines is 1. The van der Waals surface area contributed by atoms with Gasteiger partial charge in [-0.2, -0.15) is 0 Å². The van der Waals surface area contributed by atoms with Gasteiger partial charge in [-0.05, 0) is 51.9 Å². The van der Waals surface area contributed by atoms with Gasteiger partial charge in [0, 0.05) is 48.3 Å². The van der Waals surface area contributed by atoms with E-state index in [2.05, 4.69) is 149 Å². The Hall–Kier alpha value is -6.89. The van der Waals surface area contributed by atoms with Crippen LogP contribution in [0.4, 0.5) is 5.69 Å². The average molecular weight is 706 g/mol. The molecule has 0 spiro atoms. The zero-order valence-corrected chi connectivity index (χ0v) is 29.5. The van der Waals surface area contributed by atoms with Gasteiger partial charge < -0.3 is 9.88 Å². The smallest absolute Gasteiger partial charge is 0.201 e. The molecule has 1 aliphatic heterocycles. The van der Waals surface area contributed by atoms with Gasteiger partial charge in [0.25, 0.3) is 0 Å². The van der Waals surface area contributed by atoms with Crippen LogP contribution < -0.4 is 5.32 Å². The predicted molar refractivity (Wildman–Crippen MR) is 226 cm³/mol.